The lowest BCUT2D eigenvalue weighted by molar-refractivity contribution is -0.121. The Morgan fingerprint density at radius 2 is 2.41 bits per heavy atom. The Balaban J connectivity index is 2.10. The van der Waals surface area contributed by atoms with Crippen LogP contribution in [0.2, 0.25) is 0 Å². The van der Waals surface area contributed by atoms with Gasteiger partial charge in [-0.05, 0) is 31.9 Å². The molecule has 1 amide bonds. The molecule has 0 aromatic carbocycles. The van der Waals surface area contributed by atoms with Gasteiger partial charge in [0.1, 0.15) is 5.75 Å². The van der Waals surface area contributed by atoms with E-state index in [4.69, 9.17) is 4.74 Å². The maximum Gasteiger partial charge on any atom is 0.220 e. The van der Waals surface area contributed by atoms with Crippen molar-refractivity contribution in [1.82, 2.24) is 10.3 Å². The van der Waals surface area contributed by atoms with Gasteiger partial charge < -0.3 is 10.1 Å². The maximum absolute atomic E-state index is 11.4. The van der Waals surface area contributed by atoms with Crippen LogP contribution >= 0.6 is 0 Å². The third-order valence-electron chi connectivity index (χ3n) is 2.47. The summed E-state index contributed by atoms with van der Waals surface area (Å²) < 4.78 is 5.45. The number of aromatic nitrogens is 1. The fourth-order valence-corrected chi connectivity index (χ4v) is 1.30. The van der Waals surface area contributed by atoms with Crippen molar-refractivity contribution < 1.29 is 9.53 Å². The van der Waals surface area contributed by atoms with Gasteiger partial charge in [0, 0.05) is 18.7 Å². The lowest BCUT2D eigenvalue weighted by Crippen LogP contribution is -2.31. The standard InChI is InChI=1S/C13H20N2O2/c1-3-11(2)15-13(16)7-5-9-17-12-6-4-8-14-10-12/h4,6,8,10-11H,3,5,7,9H2,1-2H3,(H,15,16). The van der Waals surface area contributed by atoms with Crippen LogP contribution in [0, 0.1) is 0 Å². The van der Waals surface area contributed by atoms with E-state index in [2.05, 4.69) is 17.2 Å². The van der Waals surface area contributed by atoms with Crippen LogP contribution in [0.25, 0.3) is 0 Å². The summed E-state index contributed by atoms with van der Waals surface area (Å²) in [5.41, 5.74) is 0. The van der Waals surface area contributed by atoms with Crippen molar-refractivity contribution in [3.63, 3.8) is 0 Å². The van der Waals surface area contributed by atoms with Crippen LogP contribution in [0.5, 0.6) is 5.75 Å². The molecule has 0 aliphatic heterocycles. The lowest BCUT2D eigenvalue weighted by Gasteiger charge is -2.11. The number of hydrogen-bond acceptors (Lipinski definition) is 3. The third-order valence-corrected chi connectivity index (χ3v) is 2.47. The minimum Gasteiger partial charge on any atom is -0.492 e. The maximum atomic E-state index is 11.4. The fraction of sp³-hybridized carbons (Fsp3) is 0.538. The second kappa shape index (κ2) is 7.65. The molecule has 94 valence electrons. The molecule has 0 bridgehead atoms. The van der Waals surface area contributed by atoms with Crippen molar-refractivity contribution in [2.24, 2.45) is 0 Å². The quantitative estimate of drug-likeness (QED) is 0.738. The first-order chi connectivity index (χ1) is 8.22. The molecule has 0 aliphatic carbocycles. The highest BCUT2D eigenvalue weighted by Gasteiger charge is 2.04. The zero-order chi connectivity index (χ0) is 12.5. The van der Waals surface area contributed by atoms with Gasteiger partial charge in [0.25, 0.3) is 0 Å². The molecule has 1 heterocycles. The summed E-state index contributed by atoms with van der Waals surface area (Å²) >= 11 is 0. The van der Waals surface area contributed by atoms with Crippen LogP contribution in [0.1, 0.15) is 33.1 Å². The number of carbonyl (C=O) groups excluding carboxylic acids is 1. The molecule has 1 aromatic rings. The van der Waals surface area contributed by atoms with Crippen molar-refractivity contribution in [3.8, 4) is 5.75 Å². The molecule has 0 spiro atoms. The van der Waals surface area contributed by atoms with Gasteiger partial charge in [-0.3, -0.25) is 9.78 Å². The van der Waals surface area contributed by atoms with Gasteiger partial charge in [0.05, 0.1) is 12.8 Å². The average molecular weight is 236 g/mol. The van der Waals surface area contributed by atoms with Gasteiger partial charge in [-0.15, -0.1) is 0 Å². The number of hydrogen-bond donors (Lipinski definition) is 1. The van der Waals surface area contributed by atoms with E-state index in [1.807, 2.05) is 19.1 Å². The van der Waals surface area contributed by atoms with Gasteiger partial charge in [0.2, 0.25) is 5.91 Å². The summed E-state index contributed by atoms with van der Waals surface area (Å²) in [5.74, 6) is 0.837. The number of ether oxygens (including phenoxy) is 1. The SMILES string of the molecule is CCC(C)NC(=O)CCCOc1cccnc1. The second-order valence-electron chi connectivity index (χ2n) is 4.02. The molecule has 17 heavy (non-hydrogen) atoms. The highest BCUT2D eigenvalue weighted by Crippen LogP contribution is 2.06. The van der Waals surface area contributed by atoms with Crippen LogP contribution < -0.4 is 10.1 Å². The van der Waals surface area contributed by atoms with Crippen LogP contribution in [0.3, 0.4) is 0 Å². The van der Waals surface area contributed by atoms with E-state index in [1.54, 1.807) is 12.4 Å². The normalized spacial score (nSPS) is 11.9. The average Bonchev–Trinajstić information content (AvgIpc) is 2.36. The Kier molecular flexibility index (Phi) is 6.07. The third kappa shape index (κ3) is 5.90. The Morgan fingerprint density at radius 1 is 1.59 bits per heavy atom. The minimum atomic E-state index is 0.0918. The molecule has 1 aromatic heterocycles. The molecule has 4 heteroatoms. The Bertz CT molecular complexity index is 327. The van der Waals surface area contributed by atoms with Gasteiger partial charge in [-0.25, -0.2) is 0 Å². The zero-order valence-corrected chi connectivity index (χ0v) is 10.5. The first-order valence-corrected chi connectivity index (χ1v) is 6.04. The highest BCUT2D eigenvalue weighted by molar-refractivity contribution is 5.76. The second-order valence-corrected chi connectivity index (χ2v) is 4.02. The van der Waals surface area contributed by atoms with Crippen molar-refractivity contribution in [2.45, 2.75) is 39.2 Å². The van der Waals surface area contributed by atoms with Gasteiger partial charge >= 0.3 is 0 Å². The number of carbonyl (C=O) groups is 1. The van der Waals surface area contributed by atoms with Crippen LogP contribution in [0.15, 0.2) is 24.5 Å². The Labute approximate surface area is 102 Å². The van der Waals surface area contributed by atoms with Gasteiger partial charge in [-0.2, -0.15) is 0 Å². The van der Waals surface area contributed by atoms with E-state index in [1.165, 1.54) is 0 Å². The smallest absolute Gasteiger partial charge is 0.220 e. The first kappa shape index (κ1) is 13.5. The van der Waals surface area contributed by atoms with E-state index in [0.29, 0.717) is 13.0 Å². The Morgan fingerprint density at radius 3 is 3.06 bits per heavy atom. The van der Waals surface area contributed by atoms with E-state index >= 15 is 0 Å². The number of pyridine rings is 1. The van der Waals surface area contributed by atoms with E-state index in [-0.39, 0.29) is 11.9 Å². The van der Waals surface area contributed by atoms with Crippen LogP contribution in [0.4, 0.5) is 0 Å². The monoisotopic (exact) mass is 236 g/mol. The first-order valence-electron chi connectivity index (χ1n) is 6.04. The molecule has 1 rings (SSSR count). The van der Waals surface area contributed by atoms with E-state index < -0.39 is 0 Å². The molecule has 0 aliphatic rings. The van der Waals surface area contributed by atoms with Gasteiger partial charge in [0.15, 0.2) is 0 Å². The Hall–Kier alpha value is -1.58. The van der Waals surface area contributed by atoms with Crippen molar-refractivity contribution in [2.75, 3.05) is 6.61 Å². The molecule has 1 unspecified atom stereocenters. The van der Waals surface area contributed by atoms with Crippen molar-refractivity contribution in [3.05, 3.63) is 24.5 Å². The molecule has 0 saturated heterocycles. The number of nitrogens with one attached hydrogen (secondary N) is 1. The van der Waals surface area contributed by atoms with Gasteiger partial charge in [-0.1, -0.05) is 6.92 Å². The summed E-state index contributed by atoms with van der Waals surface area (Å²) in [6.07, 6.45) is 5.55. The summed E-state index contributed by atoms with van der Waals surface area (Å²) in [4.78, 5) is 15.4. The van der Waals surface area contributed by atoms with Crippen molar-refractivity contribution in [1.29, 1.82) is 0 Å². The molecule has 1 atom stereocenters. The zero-order valence-electron chi connectivity index (χ0n) is 10.5. The molecule has 0 fully saturated rings. The van der Waals surface area contributed by atoms with Crippen LogP contribution in [-0.2, 0) is 4.79 Å². The van der Waals surface area contributed by atoms with E-state index in [0.717, 1.165) is 18.6 Å². The molecular weight excluding hydrogens is 216 g/mol. The summed E-state index contributed by atoms with van der Waals surface area (Å²) in [5, 5.41) is 2.92. The largest absolute Gasteiger partial charge is 0.492 e. The summed E-state index contributed by atoms with van der Waals surface area (Å²) in [7, 11) is 0. The number of amides is 1. The summed E-state index contributed by atoms with van der Waals surface area (Å²) in [6.45, 7) is 4.60. The predicted octanol–water partition coefficient (Wildman–Crippen LogP) is 2.16. The minimum absolute atomic E-state index is 0.0918. The summed E-state index contributed by atoms with van der Waals surface area (Å²) in [6, 6.07) is 3.93. The van der Waals surface area contributed by atoms with Crippen molar-refractivity contribution >= 4 is 5.91 Å². The van der Waals surface area contributed by atoms with E-state index in [9.17, 15) is 4.79 Å². The number of nitrogens with zero attached hydrogens (tertiary/aromatic N) is 1. The molecule has 0 saturated carbocycles. The molecule has 0 radical (unpaired) electrons. The lowest BCUT2D eigenvalue weighted by atomic mass is 10.2. The topological polar surface area (TPSA) is 51.2 Å². The number of rotatable bonds is 7. The fourth-order valence-electron chi connectivity index (χ4n) is 1.30. The predicted molar refractivity (Wildman–Crippen MR) is 66.9 cm³/mol. The molecule has 1 N–H and O–H groups in total. The molecule has 4 nitrogen and oxygen atoms in total. The van der Waals surface area contributed by atoms with Crippen LogP contribution in [-0.4, -0.2) is 23.5 Å². The molecular formula is C13H20N2O2. The highest BCUT2D eigenvalue weighted by atomic mass is 16.5.